The van der Waals surface area contributed by atoms with E-state index in [1.165, 1.54) is 0 Å². The average molecular weight is 330 g/mol. The second-order valence-corrected chi connectivity index (χ2v) is 6.89. The summed E-state index contributed by atoms with van der Waals surface area (Å²) in [5, 5.41) is 3.18. The molecule has 1 saturated heterocycles. The Morgan fingerprint density at radius 2 is 2.17 bits per heavy atom. The van der Waals surface area contributed by atoms with Crippen molar-refractivity contribution in [1.82, 2.24) is 14.8 Å². The van der Waals surface area contributed by atoms with Gasteiger partial charge in [-0.05, 0) is 39.3 Å². The monoisotopic (exact) mass is 330 g/mol. The Morgan fingerprint density at radius 3 is 2.71 bits per heavy atom. The number of anilines is 1. The van der Waals surface area contributed by atoms with Gasteiger partial charge in [-0.25, -0.2) is 4.98 Å². The predicted molar refractivity (Wildman–Crippen MR) is 99.4 cm³/mol. The van der Waals surface area contributed by atoms with Gasteiger partial charge in [-0.1, -0.05) is 19.1 Å². The van der Waals surface area contributed by atoms with Gasteiger partial charge >= 0.3 is 0 Å². The lowest BCUT2D eigenvalue weighted by Crippen LogP contribution is -2.56. The van der Waals surface area contributed by atoms with Gasteiger partial charge in [0.05, 0.1) is 5.56 Å². The fourth-order valence-electron chi connectivity index (χ4n) is 3.15. The van der Waals surface area contributed by atoms with Gasteiger partial charge < -0.3 is 10.2 Å². The molecule has 0 bridgehead atoms. The van der Waals surface area contributed by atoms with Crippen LogP contribution in [-0.4, -0.2) is 59.0 Å². The number of carbonyl (C=O) groups is 1. The lowest BCUT2D eigenvalue weighted by molar-refractivity contribution is 0.0371. The Bertz CT molecular complexity index is 567. The van der Waals surface area contributed by atoms with Crippen molar-refractivity contribution >= 4 is 11.7 Å². The largest absolute Gasteiger partial charge is 0.366 e. The molecule has 1 fully saturated rings. The topological polar surface area (TPSA) is 48.5 Å². The van der Waals surface area contributed by atoms with Crippen LogP contribution in [0.2, 0.25) is 0 Å². The smallest absolute Gasteiger partial charge is 0.255 e. The molecule has 1 aliphatic rings. The van der Waals surface area contributed by atoms with Crippen molar-refractivity contribution in [3.63, 3.8) is 0 Å². The first-order valence-electron chi connectivity index (χ1n) is 8.81. The van der Waals surface area contributed by atoms with Gasteiger partial charge in [-0.15, -0.1) is 0 Å². The zero-order chi connectivity index (χ0) is 17.7. The first kappa shape index (κ1) is 18.5. The molecule has 0 radical (unpaired) electrons. The van der Waals surface area contributed by atoms with E-state index in [0.29, 0.717) is 24.2 Å². The van der Waals surface area contributed by atoms with E-state index >= 15 is 0 Å². The van der Waals surface area contributed by atoms with E-state index in [9.17, 15) is 4.79 Å². The van der Waals surface area contributed by atoms with Crippen molar-refractivity contribution in [2.45, 2.75) is 46.2 Å². The van der Waals surface area contributed by atoms with Gasteiger partial charge in [0, 0.05) is 44.5 Å². The van der Waals surface area contributed by atoms with Crippen molar-refractivity contribution in [2.75, 3.05) is 31.5 Å². The van der Waals surface area contributed by atoms with E-state index in [1.807, 2.05) is 24.0 Å². The summed E-state index contributed by atoms with van der Waals surface area (Å²) in [6.45, 7) is 15.7. The first-order valence-corrected chi connectivity index (χ1v) is 8.81. The minimum atomic E-state index is 0.0795. The van der Waals surface area contributed by atoms with Crippen molar-refractivity contribution in [2.24, 2.45) is 0 Å². The van der Waals surface area contributed by atoms with E-state index in [-0.39, 0.29) is 5.91 Å². The molecule has 1 aliphatic heterocycles. The van der Waals surface area contributed by atoms with E-state index in [2.05, 4.69) is 42.6 Å². The molecule has 0 saturated carbocycles. The first-order chi connectivity index (χ1) is 11.4. The number of hydrogen-bond acceptors (Lipinski definition) is 4. The van der Waals surface area contributed by atoms with Gasteiger partial charge in [0.2, 0.25) is 0 Å². The van der Waals surface area contributed by atoms with Crippen LogP contribution in [0.3, 0.4) is 0 Å². The fourth-order valence-corrected chi connectivity index (χ4v) is 3.15. The highest BCUT2D eigenvalue weighted by molar-refractivity contribution is 5.94. The Balaban J connectivity index is 2.00. The highest BCUT2D eigenvalue weighted by Crippen LogP contribution is 2.18. The minimum absolute atomic E-state index is 0.0795. The Hall–Kier alpha value is -1.88. The highest BCUT2D eigenvalue weighted by atomic mass is 16.2. The van der Waals surface area contributed by atoms with Crippen molar-refractivity contribution in [3.05, 3.63) is 36.0 Å². The number of nitrogens with one attached hydrogen (secondary N) is 1. The van der Waals surface area contributed by atoms with Gasteiger partial charge in [-0.3, -0.25) is 9.69 Å². The molecule has 1 atom stereocenters. The molecule has 132 valence electrons. The number of hydrogen-bond donors (Lipinski definition) is 1. The summed E-state index contributed by atoms with van der Waals surface area (Å²) >= 11 is 0. The van der Waals surface area contributed by atoms with Crippen LogP contribution >= 0.6 is 0 Å². The summed E-state index contributed by atoms with van der Waals surface area (Å²) in [5.41, 5.74) is 1.70. The number of amides is 1. The van der Waals surface area contributed by atoms with Crippen LogP contribution in [0.5, 0.6) is 0 Å². The van der Waals surface area contributed by atoms with E-state index in [0.717, 1.165) is 37.4 Å². The standard InChI is InChI=1S/C19H30N4O/c1-6-17-13-22(9-10-23(17)15(4)5)19(24)16-7-8-18(21-12-16)20-11-14(2)3/h7-8,12,15,17H,2,6,9-11,13H2,1,3-5H3,(H,20,21)/t17-/m0/s1. The molecule has 2 heterocycles. The summed E-state index contributed by atoms with van der Waals surface area (Å²) in [7, 11) is 0. The molecule has 24 heavy (non-hydrogen) atoms. The zero-order valence-electron chi connectivity index (χ0n) is 15.4. The molecule has 2 rings (SSSR count). The normalized spacial score (nSPS) is 18.7. The second-order valence-electron chi connectivity index (χ2n) is 6.89. The third kappa shape index (κ3) is 4.57. The summed E-state index contributed by atoms with van der Waals surface area (Å²) in [6, 6.07) is 4.67. The highest BCUT2D eigenvalue weighted by Gasteiger charge is 2.30. The van der Waals surface area contributed by atoms with Crippen molar-refractivity contribution in [3.8, 4) is 0 Å². The number of nitrogens with zero attached hydrogens (tertiary/aromatic N) is 3. The van der Waals surface area contributed by atoms with E-state index in [4.69, 9.17) is 0 Å². The van der Waals surface area contributed by atoms with Crippen LogP contribution in [0, 0.1) is 0 Å². The van der Waals surface area contributed by atoms with E-state index in [1.54, 1.807) is 6.20 Å². The lowest BCUT2D eigenvalue weighted by Gasteiger charge is -2.43. The summed E-state index contributed by atoms with van der Waals surface area (Å²) in [6.07, 6.45) is 2.73. The Kier molecular flexibility index (Phi) is 6.37. The quantitative estimate of drug-likeness (QED) is 0.815. The molecule has 1 N–H and O–H groups in total. The molecule has 5 nitrogen and oxygen atoms in total. The van der Waals surface area contributed by atoms with Crippen LogP contribution in [0.1, 0.15) is 44.5 Å². The van der Waals surface area contributed by atoms with E-state index < -0.39 is 0 Å². The van der Waals surface area contributed by atoms with Crippen molar-refractivity contribution < 1.29 is 4.79 Å². The Morgan fingerprint density at radius 1 is 1.42 bits per heavy atom. The van der Waals surface area contributed by atoms with Crippen LogP contribution in [0.15, 0.2) is 30.5 Å². The maximum absolute atomic E-state index is 12.7. The zero-order valence-corrected chi connectivity index (χ0v) is 15.4. The molecule has 0 spiro atoms. The third-order valence-corrected chi connectivity index (χ3v) is 4.53. The maximum Gasteiger partial charge on any atom is 0.255 e. The SMILES string of the molecule is C=C(C)CNc1ccc(C(=O)N2CCN(C(C)C)[C@@H](CC)C2)cn1. The van der Waals surface area contributed by atoms with Gasteiger partial charge in [0.15, 0.2) is 0 Å². The van der Waals surface area contributed by atoms with Crippen LogP contribution in [0.4, 0.5) is 5.82 Å². The lowest BCUT2D eigenvalue weighted by atomic mass is 10.1. The number of aromatic nitrogens is 1. The maximum atomic E-state index is 12.7. The molecule has 5 heteroatoms. The van der Waals surface area contributed by atoms with Crippen LogP contribution in [0.25, 0.3) is 0 Å². The molecule has 1 amide bonds. The molecular weight excluding hydrogens is 300 g/mol. The molecule has 1 aromatic heterocycles. The second kappa shape index (κ2) is 8.29. The van der Waals surface area contributed by atoms with Crippen LogP contribution < -0.4 is 5.32 Å². The number of rotatable bonds is 6. The average Bonchev–Trinajstić information content (AvgIpc) is 2.59. The van der Waals surface area contributed by atoms with Gasteiger partial charge in [-0.2, -0.15) is 0 Å². The molecule has 0 aromatic carbocycles. The molecule has 1 aromatic rings. The third-order valence-electron chi connectivity index (χ3n) is 4.53. The number of pyridine rings is 1. The number of carbonyl (C=O) groups excluding carboxylic acids is 1. The Labute approximate surface area is 145 Å². The van der Waals surface area contributed by atoms with Crippen LogP contribution in [-0.2, 0) is 0 Å². The molecular formula is C19H30N4O. The van der Waals surface area contributed by atoms with Crippen molar-refractivity contribution in [1.29, 1.82) is 0 Å². The fraction of sp³-hybridized carbons (Fsp3) is 0.579. The summed E-state index contributed by atoms with van der Waals surface area (Å²) in [4.78, 5) is 21.5. The van der Waals surface area contributed by atoms with Gasteiger partial charge in [0.1, 0.15) is 5.82 Å². The molecule has 0 aliphatic carbocycles. The molecule has 0 unspecified atom stereocenters. The predicted octanol–water partition coefficient (Wildman–Crippen LogP) is 3.01. The summed E-state index contributed by atoms with van der Waals surface area (Å²) < 4.78 is 0. The number of piperazine rings is 1. The minimum Gasteiger partial charge on any atom is -0.366 e. The van der Waals surface area contributed by atoms with Gasteiger partial charge in [0.25, 0.3) is 5.91 Å². The summed E-state index contributed by atoms with van der Waals surface area (Å²) in [5.74, 6) is 0.849.